The van der Waals surface area contributed by atoms with Crippen molar-refractivity contribution in [3.8, 4) is 0 Å². The zero-order valence-corrected chi connectivity index (χ0v) is 11.2. The van der Waals surface area contributed by atoms with Gasteiger partial charge in [-0.05, 0) is 26.3 Å². The summed E-state index contributed by atoms with van der Waals surface area (Å²) in [6, 6.07) is -0.0700. The summed E-state index contributed by atoms with van der Waals surface area (Å²) in [7, 11) is 0. The second-order valence-electron chi connectivity index (χ2n) is 5.07. The van der Waals surface area contributed by atoms with Crippen molar-refractivity contribution in [3.63, 3.8) is 0 Å². The van der Waals surface area contributed by atoms with Crippen LogP contribution in [0, 0.1) is 5.92 Å². The smallest absolute Gasteiger partial charge is 0.308 e. The van der Waals surface area contributed by atoms with Crippen LogP contribution in [0.2, 0.25) is 0 Å². The maximum Gasteiger partial charge on any atom is 0.308 e. The first kappa shape index (κ1) is 15.0. The first-order valence-electron chi connectivity index (χ1n) is 6.80. The Hall–Kier alpha value is -1.10. The zero-order chi connectivity index (χ0) is 13.5. The third-order valence-corrected chi connectivity index (χ3v) is 3.47. The van der Waals surface area contributed by atoms with E-state index in [4.69, 9.17) is 5.11 Å². The van der Waals surface area contributed by atoms with E-state index in [1.54, 1.807) is 0 Å². The number of hydrogen-bond donors (Lipinski definition) is 3. The van der Waals surface area contributed by atoms with Crippen molar-refractivity contribution in [1.29, 1.82) is 0 Å². The van der Waals surface area contributed by atoms with Crippen molar-refractivity contribution < 1.29 is 14.7 Å². The summed E-state index contributed by atoms with van der Waals surface area (Å²) in [6.07, 6.45) is 3.78. The summed E-state index contributed by atoms with van der Waals surface area (Å²) < 4.78 is 0. The average Bonchev–Trinajstić information content (AvgIpc) is 2.29. The molecule has 0 spiro atoms. The van der Waals surface area contributed by atoms with Gasteiger partial charge in [-0.25, -0.2) is 0 Å². The van der Waals surface area contributed by atoms with Crippen molar-refractivity contribution >= 4 is 11.9 Å². The third-order valence-electron chi connectivity index (χ3n) is 3.47. The molecule has 0 saturated heterocycles. The van der Waals surface area contributed by atoms with E-state index in [0.29, 0.717) is 12.8 Å². The summed E-state index contributed by atoms with van der Waals surface area (Å²) in [6.45, 7) is 4.78. The van der Waals surface area contributed by atoms with Gasteiger partial charge in [-0.3, -0.25) is 9.59 Å². The molecule has 0 aromatic carbocycles. The van der Waals surface area contributed by atoms with Gasteiger partial charge in [-0.2, -0.15) is 0 Å². The van der Waals surface area contributed by atoms with Crippen LogP contribution in [0.1, 0.15) is 46.0 Å². The van der Waals surface area contributed by atoms with Crippen molar-refractivity contribution in [2.24, 2.45) is 5.92 Å². The molecule has 0 radical (unpaired) electrons. The number of rotatable bonds is 6. The molecule has 3 unspecified atom stereocenters. The average molecular weight is 256 g/mol. The predicted molar refractivity (Wildman–Crippen MR) is 69.3 cm³/mol. The van der Waals surface area contributed by atoms with Gasteiger partial charge in [0.05, 0.1) is 5.92 Å². The molecule has 3 N–H and O–H groups in total. The molecular formula is C13H24N2O3. The molecule has 1 rings (SSSR count). The Kier molecular flexibility index (Phi) is 6.12. The lowest BCUT2D eigenvalue weighted by Gasteiger charge is -2.29. The lowest BCUT2D eigenvalue weighted by molar-refractivity contribution is -0.144. The van der Waals surface area contributed by atoms with Gasteiger partial charge in [0.1, 0.15) is 0 Å². The first-order valence-corrected chi connectivity index (χ1v) is 6.80. The fourth-order valence-corrected chi connectivity index (χ4v) is 2.56. The molecule has 0 bridgehead atoms. The molecule has 0 aromatic heterocycles. The zero-order valence-electron chi connectivity index (χ0n) is 11.2. The van der Waals surface area contributed by atoms with Gasteiger partial charge in [-0.15, -0.1) is 0 Å². The van der Waals surface area contributed by atoms with E-state index in [9.17, 15) is 9.59 Å². The molecule has 1 aliphatic rings. The van der Waals surface area contributed by atoms with Gasteiger partial charge in [0.25, 0.3) is 0 Å². The van der Waals surface area contributed by atoms with Gasteiger partial charge in [0.2, 0.25) is 5.91 Å². The third kappa shape index (κ3) is 4.64. The maximum absolute atomic E-state index is 11.8. The highest BCUT2D eigenvalue weighted by Crippen LogP contribution is 2.24. The highest BCUT2D eigenvalue weighted by molar-refractivity contribution is 5.78. The monoisotopic (exact) mass is 256 g/mol. The van der Waals surface area contributed by atoms with Crippen LogP contribution in [0.25, 0.3) is 0 Å². The van der Waals surface area contributed by atoms with E-state index in [-0.39, 0.29) is 18.0 Å². The molecule has 1 fully saturated rings. The van der Waals surface area contributed by atoms with Crippen molar-refractivity contribution in [2.75, 3.05) is 6.54 Å². The van der Waals surface area contributed by atoms with Crippen LogP contribution in [0.4, 0.5) is 0 Å². The van der Waals surface area contributed by atoms with Crippen LogP contribution in [-0.4, -0.2) is 35.6 Å². The van der Waals surface area contributed by atoms with E-state index < -0.39 is 11.9 Å². The minimum atomic E-state index is -0.792. The number of carbonyl (C=O) groups is 2. The maximum atomic E-state index is 11.8. The molecule has 0 aromatic rings. The van der Waals surface area contributed by atoms with Crippen LogP contribution >= 0.6 is 0 Å². The fraction of sp³-hybridized carbons (Fsp3) is 0.846. The molecule has 5 heteroatoms. The molecule has 104 valence electrons. The van der Waals surface area contributed by atoms with Gasteiger partial charge >= 0.3 is 5.97 Å². The topological polar surface area (TPSA) is 78.4 Å². The molecule has 5 nitrogen and oxygen atoms in total. The summed E-state index contributed by atoms with van der Waals surface area (Å²) in [5, 5.41) is 15.2. The highest BCUT2D eigenvalue weighted by atomic mass is 16.4. The lowest BCUT2D eigenvalue weighted by Crippen LogP contribution is -2.46. The minimum absolute atomic E-state index is 0.0541. The predicted octanol–water partition coefficient (Wildman–Crippen LogP) is 1.13. The number of carbonyl (C=O) groups excluding carboxylic acids is 1. The van der Waals surface area contributed by atoms with Crippen molar-refractivity contribution in [1.82, 2.24) is 10.6 Å². The Morgan fingerprint density at radius 3 is 2.61 bits per heavy atom. The van der Waals surface area contributed by atoms with E-state index >= 15 is 0 Å². The molecule has 18 heavy (non-hydrogen) atoms. The van der Waals surface area contributed by atoms with Crippen LogP contribution in [0.5, 0.6) is 0 Å². The van der Waals surface area contributed by atoms with Crippen LogP contribution in [-0.2, 0) is 9.59 Å². The van der Waals surface area contributed by atoms with Crippen LogP contribution in [0.3, 0.4) is 0 Å². The Labute approximate surface area is 108 Å². The normalized spacial score (nSPS) is 25.4. The summed E-state index contributed by atoms with van der Waals surface area (Å²) in [4.78, 5) is 22.9. The van der Waals surface area contributed by atoms with Gasteiger partial charge in [0, 0.05) is 18.5 Å². The number of amides is 1. The van der Waals surface area contributed by atoms with Gasteiger partial charge in [0.15, 0.2) is 0 Å². The van der Waals surface area contributed by atoms with Gasteiger partial charge in [-0.1, -0.05) is 19.8 Å². The summed E-state index contributed by atoms with van der Waals surface area (Å²) in [5.41, 5.74) is 0. The number of aliphatic carboxylic acids is 1. The SMILES string of the molecule is CCNC(C)CC(=O)NC1CCCCC1C(=O)O. The van der Waals surface area contributed by atoms with Crippen LogP contribution in [0.15, 0.2) is 0 Å². The van der Waals surface area contributed by atoms with Crippen LogP contribution < -0.4 is 10.6 Å². The quantitative estimate of drug-likeness (QED) is 0.666. The molecular weight excluding hydrogens is 232 g/mol. The summed E-state index contributed by atoms with van der Waals surface area (Å²) in [5.74, 6) is -1.27. The largest absolute Gasteiger partial charge is 0.481 e. The lowest BCUT2D eigenvalue weighted by atomic mass is 9.84. The Morgan fingerprint density at radius 1 is 1.33 bits per heavy atom. The van der Waals surface area contributed by atoms with Crippen molar-refractivity contribution in [3.05, 3.63) is 0 Å². The van der Waals surface area contributed by atoms with E-state index in [1.807, 2.05) is 13.8 Å². The number of nitrogens with one attached hydrogen (secondary N) is 2. The summed E-state index contributed by atoms with van der Waals surface area (Å²) >= 11 is 0. The standard InChI is InChI=1S/C13H24N2O3/c1-3-14-9(2)8-12(16)15-11-7-5-4-6-10(11)13(17)18/h9-11,14H,3-8H2,1-2H3,(H,15,16)(H,17,18). The molecule has 3 atom stereocenters. The number of carboxylic acid groups (broad SMARTS) is 1. The van der Waals surface area contributed by atoms with Gasteiger partial charge < -0.3 is 15.7 Å². The number of hydrogen-bond acceptors (Lipinski definition) is 3. The second kappa shape index (κ2) is 7.36. The molecule has 0 heterocycles. The van der Waals surface area contributed by atoms with E-state index in [1.165, 1.54) is 0 Å². The van der Waals surface area contributed by atoms with E-state index in [0.717, 1.165) is 25.8 Å². The Balaban J connectivity index is 2.43. The van der Waals surface area contributed by atoms with Crippen molar-refractivity contribution in [2.45, 2.75) is 58.0 Å². The van der Waals surface area contributed by atoms with E-state index in [2.05, 4.69) is 10.6 Å². The molecule has 1 saturated carbocycles. The minimum Gasteiger partial charge on any atom is -0.481 e. The fourth-order valence-electron chi connectivity index (χ4n) is 2.56. The molecule has 1 aliphatic carbocycles. The number of carboxylic acids is 1. The first-order chi connectivity index (χ1) is 8.54. The Morgan fingerprint density at radius 2 is 2.00 bits per heavy atom. The molecule has 1 amide bonds. The molecule has 0 aliphatic heterocycles. The Bertz CT molecular complexity index is 294. The second-order valence-corrected chi connectivity index (χ2v) is 5.07. The highest BCUT2D eigenvalue weighted by Gasteiger charge is 2.31.